The number of aliphatic hydroxyl groups is 1. The lowest BCUT2D eigenvalue weighted by Gasteiger charge is -2.20. The van der Waals surface area contributed by atoms with Gasteiger partial charge >= 0.3 is 0 Å². The average molecular weight is 180 g/mol. The molecule has 0 radical (unpaired) electrons. The molecule has 1 N–H and O–H groups in total. The molecule has 0 spiro atoms. The lowest BCUT2D eigenvalue weighted by atomic mass is 10.0. The first-order valence-corrected chi connectivity index (χ1v) is 4.60. The van der Waals surface area contributed by atoms with E-state index in [-0.39, 0.29) is 12.8 Å². The van der Waals surface area contributed by atoms with Crippen molar-refractivity contribution in [1.82, 2.24) is 0 Å². The van der Waals surface area contributed by atoms with E-state index in [0.29, 0.717) is 6.42 Å². The zero-order valence-electron chi connectivity index (χ0n) is 7.82. The summed E-state index contributed by atoms with van der Waals surface area (Å²) in [6.45, 7) is 3.40. The molecule has 0 aliphatic rings. The van der Waals surface area contributed by atoms with Gasteiger partial charge in [0.15, 0.2) is 0 Å². The molecule has 0 heterocycles. The molecular formula is C9H18F2O. The van der Waals surface area contributed by atoms with Gasteiger partial charge in [-0.05, 0) is 6.42 Å². The Morgan fingerprint density at radius 1 is 1.25 bits per heavy atom. The molecule has 0 amide bonds. The van der Waals surface area contributed by atoms with E-state index >= 15 is 0 Å². The van der Waals surface area contributed by atoms with Crippen LogP contribution in [0.2, 0.25) is 0 Å². The van der Waals surface area contributed by atoms with Crippen LogP contribution in [0.15, 0.2) is 0 Å². The second-order valence-corrected chi connectivity index (χ2v) is 3.13. The number of halogens is 2. The monoisotopic (exact) mass is 180 g/mol. The van der Waals surface area contributed by atoms with Crippen LogP contribution in [0.4, 0.5) is 8.78 Å². The molecule has 1 atom stereocenters. The molecule has 0 aromatic rings. The quantitative estimate of drug-likeness (QED) is 0.623. The van der Waals surface area contributed by atoms with Gasteiger partial charge in [-0.3, -0.25) is 0 Å². The molecule has 0 saturated heterocycles. The van der Waals surface area contributed by atoms with Gasteiger partial charge in [0.1, 0.15) is 6.10 Å². The maximum atomic E-state index is 12.7. The van der Waals surface area contributed by atoms with Gasteiger partial charge in [-0.25, -0.2) is 8.78 Å². The largest absolute Gasteiger partial charge is 0.387 e. The van der Waals surface area contributed by atoms with Crippen LogP contribution >= 0.6 is 0 Å². The molecule has 0 saturated carbocycles. The lowest BCUT2D eigenvalue weighted by Crippen LogP contribution is -2.32. The van der Waals surface area contributed by atoms with E-state index in [1.165, 1.54) is 6.92 Å². The van der Waals surface area contributed by atoms with E-state index in [1.54, 1.807) is 0 Å². The van der Waals surface area contributed by atoms with Crippen LogP contribution in [-0.4, -0.2) is 17.1 Å². The Kier molecular flexibility index (Phi) is 5.38. The SMILES string of the molecule is CCCCCC(O)C(F)(F)CC. The van der Waals surface area contributed by atoms with E-state index in [2.05, 4.69) is 0 Å². The highest BCUT2D eigenvalue weighted by Gasteiger charge is 2.35. The molecule has 0 fully saturated rings. The summed E-state index contributed by atoms with van der Waals surface area (Å²) in [7, 11) is 0. The van der Waals surface area contributed by atoms with Crippen LogP contribution < -0.4 is 0 Å². The van der Waals surface area contributed by atoms with Crippen molar-refractivity contribution in [2.75, 3.05) is 0 Å². The molecule has 12 heavy (non-hydrogen) atoms. The third-order valence-electron chi connectivity index (χ3n) is 2.04. The zero-order chi connectivity index (χ0) is 9.61. The molecule has 0 bridgehead atoms. The highest BCUT2D eigenvalue weighted by atomic mass is 19.3. The summed E-state index contributed by atoms with van der Waals surface area (Å²) in [6, 6.07) is 0. The highest BCUT2D eigenvalue weighted by Crippen LogP contribution is 2.25. The predicted octanol–water partition coefficient (Wildman–Crippen LogP) is 2.97. The van der Waals surface area contributed by atoms with E-state index < -0.39 is 12.0 Å². The molecule has 0 aromatic carbocycles. The topological polar surface area (TPSA) is 20.2 Å². The minimum atomic E-state index is -2.90. The zero-order valence-corrected chi connectivity index (χ0v) is 7.82. The standard InChI is InChI=1S/C9H18F2O/c1-3-5-6-7-8(12)9(10,11)4-2/h8,12H,3-7H2,1-2H3. The van der Waals surface area contributed by atoms with Crippen LogP contribution in [0.3, 0.4) is 0 Å². The fourth-order valence-electron chi connectivity index (χ4n) is 1.03. The molecule has 74 valence electrons. The van der Waals surface area contributed by atoms with Crippen LogP contribution in [0, 0.1) is 0 Å². The second kappa shape index (κ2) is 5.46. The van der Waals surface area contributed by atoms with Gasteiger partial charge in [0, 0.05) is 6.42 Å². The molecule has 0 aliphatic heterocycles. The summed E-state index contributed by atoms with van der Waals surface area (Å²) < 4.78 is 25.4. The Morgan fingerprint density at radius 2 is 1.83 bits per heavy atom. The number of alkyl halides is 2. The van der Waals surface area contributed by atoms with Crippen LogP contribution in [0.5, 0.6) is 0 Å². The van der Waals surface area contributed by atoms with Crippen molar-refractivity contribution in [2.45, 2.75) is 58.0 Å². The third kappa shape index (κ3) is 4.00. The minimum Gasteiger partial charge on any atom is -0.387 e. The molecule has 0 aliphatic carbocycles. The Bertz CT molecular complexity index is 115. The molecule has 0 rings (SSSR count). The van der Waals surface area contributed by atoms with Crippen LogP contribution in [-0.2, 0) is 0 Å². The van der Waals surface area contributed by atoms with Gasteiger partial charge in [-0.1, -0.05) is 33.1 Å². The van der Waals surface area contributed by atoms with Gasteiger partial charge in [0.05, 0.1) is 0 Å². The maximum Gasteiger partial charge on any atom is 0.273 e. The van der Waals surface area contributed by atoms with Crippen molar-refractivity contribution >= 4 is 0 Å². The summed E-state index contributed by atoms with van der Waals surface area (Å²) in [5.41, 5.74) is 0. The Labute approximate surface area is 72.8 Å². The molecule has 1 nitrogen and oxygen atoms in total. The fraction of sp³-hybridized carbons (Fsp3) is 1.00. The highest BCUT2D eigenvalue weighted by molar-refractivity contribution is 4.74. The first-order valence-electron chi connectivity index (χ1n) is 4.60. The van der Waals surface area contributed by atoms with Crippen molar-refractivity contribution in [1.29, 1.82) is 0 Å². The first-order chi connectivity index (χ1) is 5.54. The van der Waals surface area contributed by atoms with Gasteiger partial charge < -0.3 is 5.11 Å². The van der Waals surface area contributed by atoms with Gasteiger partial charge in [-0.2, -0.15) is 0 Å². The number of rotatable bonds is 6. The third-order valence-corrected chi connectivity index (χ3v) is 2.04. The van der Waals surface area contributed by atoms with Crippen molar-refractivity contribution in [3.05, 3.63) is 0 Å². The summed E-state index contributed by atoms with van der Waals surface area (Å²) >= 11 is 0. The molecule has 3 heteroatoms. The van der Waals surface area contributed by atoms with E-state index in [4.69, 9.17) is 5.11 Å². The van der Waals surface area contributed by atoms with E-state index in [0.717, 1.165) is 12.8 Å². The number of hydrogen-bond donors (Lipinski definition) is 1. The minimum absolute atomic E-state index is 0.217. The molecule has 0 aromatic heterocycles. The fourth-order valence-corrected chi connectivity index (χ4v) is 1.03. The lowest BCUT2D eigenvalue weighted by molar-refractivity contribution is -0.113. The Balaban J connectivity index is 3.63. The number of aliphatic hydroxyl groups excluding tert-OH is 1. The van der Waals surface area contributed by atoms with E-state index in [1.807, 2.05) is 6.92 Å². The second-order valence-electron chi connectivity index (χ2n) is 3.13. The van der Waals surface area contributed by atoms with Crippen molar-refractivity contribution in [3.8, 4) is 0 Å². The van der Waals surface area contributed by atoms with Gasteiger partial charge in [0.2, 0.25) is 0 Å². The summed E-state index contributed by atoms with van der Waals surface area (Å²) in [5.74, 6) is -2.90. The van der Waals surface area contributed by atoms with Crippen molar-refractivity contribution < 1.29 is 13.9 Å². The van der Waals surface area contributed by atoms with E-state index in [9.17, 15) is 8.78 Å². The van der Waals surface area contributed by atoms with Crippen LogP contribution in [0.25, 0.3) is 0 Å². The van der Waals surface area contributed by atoms with Gasteiger partial charge in [-0.15, -0.1) is 0 Å². The summed E-state index contributed by atoms with van der Waals surface area (Å²) in [5, 5.41) is 9.05. The Morgan fingerprint density at radius 3 is 2.25 bits per heavy atom. The smallest absolute Gasteiger partial charge is 0.273 e. The Hall–Kier alpha value is -0.180. The normalized spacial score (nSPS) is 14.8. The first kappa shape index (κ1) is 11.8. The summed E-state index contributed by atoms with van der Waals surface area (Å²) in [4.78, 5) is 0. The number of hydrogen-bond acceptors (Lipinski definition) is 1. The summed E-state index contributed by atoms with van der Waals surface area (Å²) in [6.07, 6.45) is 1.08. The van der Waals surface area contributed by atoms with Gasteiger partial charge in [0.25, 0.3) is 5.92 Å². The maximum absolute atomic E-state index is 12.7. The average Bonchev–Trinajstić information content (AvgIpc) is 2.05. The van der Waals surface area contributed by atoms with Crippen molar-refractivity contribution in [2.24, 2.45) is 0 Å². The molecular weight excluding hydrogens is 162 g/mol. The molecule has 1 unspecified atom stereocenters. The van der Waals surface area contributed by atoms with Crippen molar-refractivity contribution in [3.63, 3.8) is 0 Å². The van der Waals surface area contributed by atoms with Crippen LogP contribution in [0.1, 0.15) is 46.0 Å². The number of unbranched alkanes of at least 4 members (excludes halogenated alkanes) is 2. The predicted molar refractivity (Wildman–Crippen MR) is 45.4 cm³/mol.